The van der Waals surface area contributed by atoms with Crippen LogP contribution in [0.5, 0.6) is 0 Å². The highest BCUT2D eigenvalue weighted by Crippen LogP contribution is 2.34. The monoisotopic (exact) mass is 200 g/mol. The van der Waals surface area contributed by atoms with Crippen LogP contribution in [0.1, 0.15) is 13.8 Å². The number of nitrogens with zero attached hydrogens (tertiary/aromatic N) is 1. The molecule has 1 aliphatic heterocycles. The summed E-state index contributed by atoms with van der Waals surface area (Å²) >= 11 is 0. The molecule has 0 aliphatic carbocycles. The molecular formula is C10H20N2O2. The third-order valence-corrected chi connectivity index (χ3v) is 3.05. The second-order valence-corrected chi connectivity index (χ2v) is 4.67. The summed E-state index contributed by atoms with van der Waals surface area (Å²) in [5, 5.41) is 12.0. The number of likely N-dealkylation sites (tertiary alicyclic amines) is 1. The quantitative estimate of drug-likeness (QED) is 0.656. The van der Waals surface area contributed by atoms with Gasteiger partial charge in [-0.15, -0.1) is 0 Å². The van der Waals surface area contributed by atoms with E-state index in [1.165, 1.54) is 0 Å². The Labute approximate surface area is 85.3 Å². The summed E-state index contributed by atoms with van der Waals surface area (Å²) in [7, 11) is 1.77. The molecule has 0 aromatic heterocycles. The van der Waals surface area contributed by atoms with E-state index < -0.39 is 0 Å². The van der Waals surface area contributed by atoms with E-state index >= 15 is 0 Å². The van der Waals surface area contributed by atoms with Crippen LogP contribution in [0.25, 0.3) is 0 Å². The molecule has 0 bridgehead atoms. The SMILES string of the molecule is CNCC(=O)N1CC(CO)C(C)(C)C1. The minimum atomic E-state index is 0.0398. The fourth-order valence-corrected chi connectivity index (χ4v) is 1.96. The standard InChI is InChI=1S/C10H20N2O2/c1-10(2)7-12(5-8(10)6-13)9(14)4-11-3/h8,11,13H,4-7H2,1-3H3. The van der Waals surface area contributed by atoms with Crippen LogP contribution in [0.4, 0.5) is 0 Å². The molecule has 2 N–H and O–H groups in total. The van der Waals surface area contributed by atoms with Crippen molar-refractivity contribution in [2.24, 2.45) is 11.3 Å². The fourth-order valence-electron chi connectivity index (χ4n) is 1.96. The predicted octanol–water partition coefficient (Wildman–Crippen LogP) is -0.317. The maximum Gasteiger partial charge on any atom is 0.236 e. The Kier molecular flexibility index (Phi) is 3.50. The van der Waals surface area contributed by atoms with Gasteiger partial charge in [-0.1, -0.05) is 13.8 Å². The average Bonchev–Trinajstić information content (AvgIpc) is 2.41. The highest BCUT2D eigenvalue weighted by Gasteiger charge is 2.40. The Bertz CT molecular complexity index is 216. The van der Waals surface area contributed by atoms with Crippen molar-refractivity contribution in [2.45, 2.75) is 13.8 Å². The number of amides is 1. The maximum atomic E-state index is 11.6. The van der Waals surface area contributed by atoms with Crippen LogP contribution in [0.15, 0.2) is 0 Å². The third kappa shape index (κ3) is 2.25. The molecule has 82 valence electrons. The summed E-state index contributed by atoms with van der Waals surface area (Å²) in [6.07, 6.45) is 0. The zero-order valence-corrected chi connectivity index (χ0v) is 9.21. The average molecular weight is 200 g/mol. The van der Waals surface area contributed by atoms with Crippen molar-refractivity contribution in [1.29, 1.82) is 0 Å². The molecule has 0 spiro atoms. The van der Waals surface area contributed by atoms with Crippen molar-refractivity contribution in [1.82, 2.24) is 10.2 Å². The summed E-state index contributed by atoms with van der Waals surface area (Å²) in [4.78, 5) is 13.4. The molecule has 0 radical (unpaired) electrons. The summed E-state index contributed by atoms with van der Waals surface area (Å²) in [5.74, 6) is 0.333. The van der Waals surface area contributed by atoms with E-state index in [4.69, 9.17) is 0 Å². The molecule has 14 heavy (non-hydrogen) atoms. The van der Waals surface area contributed by atoms with E-state index in [2.05, 4.69) is 19.2 Å². The number of aliphatic hydroxyl groups is 1. The van der Waals surface area contributed by atoms with Gasteiger partial charge < -0.3 is 15.3 Å². The first-order chi connectivity index (χ1) is 6.51. The molecule has 1 heterocycles. The molecule has 4 nitrogen and oxygen atoms in total. The largest absolute Gasteiger partial charge is 0.396 e. The van der Waals surface area contributed by atoms with Gasteiger partial charge in [-0.25, -0.2) is 0 Å². The number of nitrogens with one attached hydrogen (secondary N) is 1. The van der Waals surface area contributed by atoms with E-state index in [0.29, 0.717) is 13.1 Å². The molecule has 1 aliphatic rings. The number of likely N-dealkylation sites (N-methyl/N-ethyl adjacent to an activating group) is 1. The van der Waals surface area contributed by atoms with Crippen LogP contribution in [0.2, 0.25) is 0 Å². The van der Waals surface area contributed by atoms with Crippen molar-refractivity contribution in [2.75, 3.05) is 33.3 Å². The van der Waals surface area contributed by atoms with Gasteiger partial charge in [0.25, 0.3) is 0 Å². The summed E-state index contributed by atoms with van der Waals surface area (Å²) in [5.41, 5.74) is 0.0398. The Hall–Kier alpha value is -0.610. The van der Waals surface area contributed by atoms with Gasteiger partial charge in [-0.3, -0.25) is 4.79 Å². The molecule has 1 rings (SSSR count). The van der Waals surface area contributed by atoms with Crippen LogP contribution in [0, 0.1) is 11.3 Å². The van der Waals surface area contributed by atoms with Gasteiger partial charge >= 0.3 is 0 Å². The van der Waals surface area contributed by atoms with Crippen molar-refractivity contribution in [3.8, 4) is 0 Å². The van der Waals surface area contributed by atoms with Gasteiger partial charge in [-0.2, -0.15) is 0 Å². The van der Waals surface area contributed by atoms with Crippen LogP contribution >= 0.6 is 0 Å². The zero-order chi connectivity index (χ0) is 10.8. The van der Waals surface area contributed by atoms with Gasteiger partial charge in [0, 0.05) is 25.6 Å². The predicted molar refractivity (Wildman–Crippen MR) is 54.9 cm³/mol. The first-order valence-corrected chi connectivity index (χ1v) is 5.04. The summed E-state index contributed by atoms with van der Waals surface area (Å²) in [6.45, 7) is 6.17. The van der Waals surface area contributed by atoms with Crippen molar-refractivity contribution in [3.05, 3.63) is 0 Å². The van der Waals surface area contributed by atoms with E-state index in [1.807, 2.05) is 4.90 Å². The molecule has 1 amide bonds. The Morgan fingerprint density at radius 3 is 2.71 bits per heavy atom. The molecule has 0 aromatic carbocycles. The molecule has 4 heteroatoms. The highest BCUT2D eigenvalue weighted by atomic mass is 16.3. The topological polar surface area (TPSA) is 52.6 Å². The Morgan fingerprint density at radius 2 is 2.29 bits per heavy atom. The Balaban J connectivity index is 2.57. The van der Waals surface area contributed by atoms with Gasteiger partial charge in [0.05, 0.1) is 6.54 Å². The van der Waals surface area contributed by atoms with Crippen molar-refractivity contribution in [3.63, 3.8) is 0 Å². The number of rotatable bonds is 3. The van der Waals surface area contributed by atoms with Gasteiger partial charge in [0.15, 0.2) is 0 Å². The second kappa shape index (κ2) is 4.28. The number of hydrogen-bond donors (Lipinski definition) is 2. The molecule has 1 atom stereocenters. The van der Waals surface area contributed by atoms with Crippen LogP contribution in [-0.2, 0) is 4.79 Å². The lowest BCUT2D eigenvalue weighted by atomic mass is 9.83. The number of aliphatic hydroxyl groups excluding tert-OH is 1. The number of hydrogen-bond acceptors (Lipinski definition) is 3. The van der Waals surface area contributed by atoms with E-state index in [-0.39, 0.29) is 23.8 Å². The van der Waals surface area contributed by atoms with Crippen LogP contribution in [-0.4, -0.2) is 49.2 Å². The minimum absolute atomic E-state index is 0.0398. The summed E-state index contributed by atoms with van der Waals surface area (Å²) in [6, 6.07) is 0. The first-order valence-electron chi connectivity index (χ1n) is 5.04. The lowest BCUT2D eigenvalue weighted by Gasteiger charge is -2.23. The van der Waals surface area contributed by atoms with E-state index in [0.717, 1.165) is 6.54 Å². The zero-order valence-electron chi connectivity index (χ0n) is 9.21. The highest BCUT2D eigenvalue weighted by molar-refractivity contribution is 5.78. The summed E-state index contributed by atoms with van der Waals surface area (Å²) < 4.78 is 0. The lowest BCUT2D eigenvalue weighted by molar-refractivity contribution is -0.129. The van der Waals surface area contributed by atoms with E-state index in [1.54, 1.807) is 7.05 Å². The van der Waals surface area contributed by atoms with Crippen molar-refractivity contribution < 1.29 is 9.90 Å². The molecule has 1 unspecified atom stereocenters. The minimum Gasteiger partial charge on any atom is -0.396 e. The Morgan fingerprint density at radius 1 is 1.64 bits per heavy atom. The normalized spacial score (nSPS) is 25.4. The molecule has 0 aromatic rings. The van der Waals surface area contributed by atoms with Crippen LogP contribution in [0.3, 0.4) is 0 Å². The molecule has 1 saturated heterocycles. The smallest absolute Gasteiger partial charge is 0.236 e. The van der Waals surface area contributed by atoms with Gasteiger partial charge in [0.2, 0.25) is 5.91 Å². The lowest BCUT2D eigenvalue weighted by Crippen LogP contribution is -2.36. The molecule has 0 saturated carbocycles. The van der Waals surface area contributed by atoms with Gasteiger partial charge in [-0.05, 0) is 12.5 Å². The number of carbonyl (C=O) groups is 1. The van der Waals surface area contributed by atoms with Crippen LogP contribution < -0.4 is 5.32 Å². The fraction of sp³-hybridized carbons (Fsp3) is 0.900. The molecular weight excluding hydrogens is 180 g/mol. The van der Waals surface area contributed by atoms with Gasteiger partial charge in [0.1, 0.15) is 0 Å². The first kappa shape index (κ1) is 11.5. The van der Waals surface area contributed by atoms with Crippen molar-refractivity contribution >= 4 is 5.91 Å². The third-order valence-electron chi connectivity index (χ3n) is 3.05. The molecule has 1 fully saturated rings. The second-order valence-electron chi connectivity index (χ2n) is 4.67. The number of carbonyl (C=O) groups excluding carboxylic acids is 1. The maximum absolute atomic E-state index is 11.6. The van der Waals surface area contributed by atoms with E-state index in [9.17, 15) is 9.90 Å².